The zero-order chi connectivity index (χ0) is 29.2. The Bertz CT molecular complexity index is 1490. The summed E-state index contributed by atoms with van der Waals surface area (Å²) in [6.45, 7) is 0. The summed E-state index contributed by atoms with van der Waals surface area (Å²) >= 11 is 0. The van der Waals surface area contributed by atoms with Crippen molar-refractivity contribution in [1.29, 1.82) is 0 Å². The second kappa shape index (κ2) is 13.1. The van der Waals surface area contributed by atoms with E-state index in [0.717, 1.165) is 0 Å². The average molecular weight is 551 g/mol. The maximum absolute atomic E-state index is 12.2. The molecule has 0 saturated heterocycles. The number of nitrogens with one attached hydrogen (secondary N) is 2. The van der Waals surface area contributed by atoms with Crippen LogP contribution in [0.5, 0.6) is 11.5 Å². The largest absolute Gasteiger partial charge is 0.457 e. The Morgan fingerprint density at radius 3 is 1.22 bits per heavy atom. The summed E-state index contributed by atoms with van der Waals surface area (Å²) in [6.07, 6.45) is 5.77. The SMILES string of the molecule is O=C(C=Cc1ccc([N+](=O)[O-])cc1)Nc1ccc(Oc2ccc(NC(=O)C=Cc3ccc([N+](=O)[O-])cc3)cc2)cc1. The molecule has 0 unspecified atom stereocenters. The Morgan fingerprint density at radius 2 is 0.902 bits per heavy atom. The minimum atomic E-state index is -0.489. The highest BCUT2D eigenvalue weighted by Crippen LogP contribution is 2.25. The van der Waals surface area contributed by atoms with Gasteiger partial charge in [-0.1, -0.05) is 0 Å². The van der Waals surface area contributed by atoms with Crippen molar-refractivity contribution in [2.24, 2.45) is 0 Å². The van der Waals surface area contributed by atoms with E-state index in [0.29, 0.717) is 34.0 Å². The van der Waals surface area contributed by atoms with E-state index >= 15 is 0 Å². The van der Waals surface area contributed by atoms with Gasteiger partial charge in [0.2, 0.25) is 11.8 Å². The van der Waals surface area contributed by atoms with Gasteiger partial charge in [0, 0.05) is 47.8 Å². The van der Waals surface area contributed by atoms with Crippen LogP contribution in [0.3, 0.4) is 0 Å². The van der Waals surface area contributed by atoms with Crippen LogP contribution >= 0.6 is 0 Å². The predicted octanol–water partition coefficient (Wildman–Crippen LogP) is 6.60. The van der Waals surface area contributed by atoms with Crippen molar-refractivity contribution in [3.05, 3.63) is 141 Å². The van der Waals surface area contributed by atoms with Crippen LogP contribution in [0.2, 0.25) is 0 Å². The van der Waals surface area contributed by atoms with Gasteiger partial charge in [0.15, 0.2) is 0 Å². The van der Waals surface area contributed by atoms with E-state index in [4.69, 9.17) is 4.74 Å². The molecule has 0 heterocycles. The molecule has 0 bridgehead atoms. The number of rotatable bonds is 10. The molecule has 2 amide bonds. The lowest BCUT2D eigenvalue weighted by atomic mass is 10.2. The van der Waals surface area contributed by atoms with Gasteiger partial charge >= 0.3 is 0 Å². The zero-order valence-corrected chi connectivity index (χ0v) is 21.3. The molecule has 4 rings (SSSR count). The summed E-state index contributed by atoms with van der Waals surface area (Å²) < 4.78 is 5.81. The Kier molecular flexibility index (Phi) is 8.93. The van der Waals surface area contributed by atoms with Gasteiger partial charge in [-0.3, -0.25) is 29.8 Å². The molecule has 11 heteroatoms. The number of carbonyl (C=O) groups excluding carboxylic acids is 2. The molecule has 2 N–H and O–H groups in total. The van der Waals surface area contributed by atoms with Crippen molar-refractivity contribution in [2.75, 3.05) is 10.6 Å². The first-order chi connectivity index (χ1) is 19.7. The lowest BCUT2D eigenvalue weighted by Gasteiger charge is -2.08. The Morgan fingerprint density at radius 1 is 0.561 bits per heavy atom. The highest BCUT2D eigenvalue weighted by molar-refractivity contribution is 6.02. The molecular weight excluding hydrogens is 528 g/mol. The number of non-ortho nitro benzene ring substituents is 2. The number of hydrogen-bond donors (Lipinski definition) is 2. The van der Waals surface area contributed by atoms with Crippen LogP contribution in [0.25, 0.3) is 12.2 Å². The summed E-state index contributed by atoms with van der Waals surface area (Å²) in [7, 11) is 0. The maximum Gasteiger partial charge on any atom is 0.269 e. The number of benzene rings is 4. The van der Waals surface area contributed by atoms with Crippen molar-refractivity contribution < 1.29 is 24.2 Å². The number of nitro benzene ring substituents is 2. The monoisotopic (exact) mass is 550 g/mol. The smallest absolute Gasteiger partial charge is 0.269 e. The zero-order valence-electron chi connectivity index (χ0n) is 21.3. The van der Waals surface area contributed by atoms with Crippen LogP contribution in [0.4, 0.5) is 22.7 Å². The van der Waals surface area contributed by atoms with Gasteiger partial charge in [-0.2, -0.15) is 0 Å². The maximum atomic E-state index is 12.2. The summed E-state index contributed by atoms with van der Waals surface area (Å²) in [4.78, 5) is 44.9. The van der Waals surface area contributed by atoms with Crippen LogP contribution in [0.1, 0.15) is 11.1 Å². The molecule has 0 aliphatic heterocycles. The average Bonchev–Trinajstić information content (AvgIpc) is 2.97. The number of nitro groups is 2. The van der Waals surface area contributed by atoms with Crippen molar-refractivity contribution in [1.82, 2.24) is 0 Å². The standard InChI is InChI=1S/C30H22N4O7/c35-29(19-5-21-1-11-25(12-2-21)33(37)38)31-23-7-15-27(16-8-23)41-28-17-9-24(10-18-28)32-30(36)20-6-22-3-13-26(14-4-22)34(39)40/h1-20H,(H,31,35)(H,32,36). The lowest BCUT2D eigenvalue weighted by Crippen LogP contribution is -2.07. The molecule has 0 spiro atoms. The molecule has 0 aliphatic carbocycles. The highest BCUT2D eigenvalue weighted by Gasteiger charge is 2.05. The van der Waals surface area contributed by atoms with Gasteiger partial charge in [-0.15, -0.1) is 0 Å². The minimum absolute atomic E-state index is 0.0252. The molecule has 0 atom stereocenters. The second-order valence-corrected chi connectivity index (χ2v) is 8.49. The molecule has 0 fully saturated rings. The Labute approximate surface area is 233 Å². The summed E-state index contributed by atoms with van der Waals surface area (Å²) in [5.41, 5.74) is 2.36. The first kappa shape index (κ1) is 27.9. The van der Waals surface area contributed by atoms with Crippen LogP contribution in [-0.4, -0.2) is 21.7 Å². The molecule has 11 nitrogen and oxygen atoms in total. The topological polar surface area (TPSA) is 154 Å². The Balaban J connectivity index is 1.25. The van der Waals surface area contributed by atoms with E-state index in [1.807, 2.05) is 0 Å². The third kappa shape index (κ3) is 8.45. The molecule has 204 valence electrons. The molecular formula is C30H22N4O7. The molecule has 4 aromatic carbocycles. The van der Waals surface area contributed by atoms with Crippen LogP contribution in [0.15, 0.2) is 109 Å². The molecule has 0 radical (unpaired) electrons. The number of nitrogens with zero attached hydrogens (tertiary/aromatic N) is 2. The first-order valence-corrected chi connectivity index (χ1v) is 12.1. The quantitative estimate of drug-likeness (QED) is 0.128. The van der Waals surface area contributed by atoms with Gasteiger partial charge in [0.25, 0.3) is 11.4 Å². The number of hydrogen-bond acceptors (Lipinski definition) is 7. The molecule has 41 heavy (non-hydrogen) atoms. The molecule has 0 aromatic heterocycles. The molecule has 0 aliphatic rings. The van der Waals surface area contributed by atoms with E-state index in [9.17, 15) is 29.8 Å². The van der Waals surface area contributed by atoms with Crippen molar-refractivity contribution >= 4 is 46.7 Å². The van der Waals surface area contributed by atoms with E-state index in [1.165, 1.54) is 36.4 Å². The van der Waals surface area contributed by atoms with E-state index in [-0.39, 0.29) is 23.2 Å². The predicted molar refractivity (Wildman–Crippen MR) is 154 cm³/mol. The summed E-state index contributed by atoms with van der Waals surface area (Å²) in [6, 6.07) is 25.1. The van der Waals surface area contributed by atoms with E-state index in [1.54, 1.807) is 84.9 Å². The van der Waals surface area contributed by atoms with Gasteiger partial charge < -0.3 is 15.4 Å². The number of amides is 2. The highest BCUT2D eigenvalue weighted by atomic mass is 16.6. The molecule has 4 aromatic rings. The van der Waals surface area contributed by atoms with Crippen LogP contribution in [0, 0.1) is 20.2 Å². The summed E-state index contributed by atoms with van der Waals surface area (Å²) in [5.74, 6) is 0.342. The lowest BCUT2D eigenvalue weighted by molar-refractivity contribution is -0.385. The number of ether oxygens (including phenoxy) is 1. The molecule has 0 saturated carbocycles. The normalized spacial score (nSPS) is 10.8. The second-order valence-electron chi connectivity index (χ2n) is 8.49. The van der Waals surface area contributed by atoms with Crippen LogP contribution < -0.4 is 15.4 Å². The number of carbonyl (C=O) groups is 2. The summed E-state index contributed by atoms with van der Waals surface area (Å²) in [5, 5.41) is 26.9. The first-order valence-electron chi connectivity index (χ1n) is 12.1. The fourth-order valence-corrected chi connectivity index (χ4v) is 3.47. The van der Waals surface area contributed by atoms with Crippen molar-refractivity contribution in [2.45, 2.75) is 0 Å². The third-order valence-corrected chi connectivity index (χ3v) is 5.54. The Hall–Kier alpha value is -6.10. The van der Waals surface area contributed by atoms with Crippen LogP contribution in [-0.2, 0) is 9.59 Å². The van der Waals surface area contributed by atoms with Gasteiger partial charge in [0.05, 0.1) is 9.85 Å². The third-order valence-electron chi connectivity index (χ3n) is 5.54. The van der Waals surface area contributed by atoms with Crippen molar-refractivity contribution in [3.8, 4) is 11.5 Å². The van der Waals surface area contributed by atoms with E-state index in [2.05, 4.69) is 10.6 Å². The van der Waals surface area contributed by atoms with Gasteiger partial charge in [-0.25, -0.2) is 0 Å². The number of anilines is 2. The minimum Gasteiger partial charge on any atom is -0.457 e. The van der Waals surface area contributed by atoms with E-state index < -0.39 is 9.85 Å². The fraction of sp³-hybridized carbons (Fsp3) is 0. The fourth-order valence-electron chi connectivity index (χ4n) is 3.47. The van der Waals surface area contributed by atoms with Gasteiger partial charge in [-0.05, 0) is 96.1 Å². The van der Waals surface area contributed by atoms with Gasteiger partial charge in [0.1, 0.15) is 11.5 Å². The van der Waals surface area contributed by atoms with Crippen molar-refractivity contribution in [3.63, 3.8) is 0 Å².